The second-order valence-corrected chi connectivity index (χ2v) is 9.87. The van der Waals surface area contributed by atoms with Gasteiger partial charge >= 0.3 is 5.56 Å². The van der Waals surface area contributed by atoms with Crippen molar-refractivity contribution in [3.05, 3.63) is 85.1 Å². The molecule has 0 atom stereocenters. The number of hydrogen-bond donors (Lipinski definition) is 1. The number of nitrogens with one attached hydrogen (secondary N) is 1. The lowest BCUT2D eigenvalue weighted by atomic mass is 9.93. The van der Waals surface area contributed by atoms with Gasteiger partial charge in [0.1, 0.15) is 0 Å². The first-order chi connectivity index (χ1) is 16.0. The largest absolute Gasteiger partial charge is 0.301 e. The molecule has 2 aromatic carbocycles. The Morgan fingerprint density at radius 1 is 1.09 bits per heavy atom. The number of H-pyrrole nitrogens is 1. The third kappa shape index (κ3) is 4.58. The molecule has 4 rings (SSSR count). The number of aryl methyl sites for hydroxylation is 2. The highest BCUT2D eigenvalue weighted by Crippen LogP contribution is 2.31. The number of azo groups is 1. The van der Waals surface area contributed by atoms with Gasteiger partial charge in [-0.2, -0.15) is 9.80 Å². The van der Waals surface area contributed by atoms with Gasteiger partial charge in [0.2, 0.25) is 5.13 Å². The lowest BCUT2D eigenvalue weighted by molar-refractivity contribution is -0.384. The normalized spacial score (nSPS) is 11.9. The number of hydrogen-bond acceptors (Lipinski definition) is 7. The smallest absolute Gasteiger partial charge is 0.286 e. The number of nitro groups is 1. The number of non-ortho nitro benzene ring substituents is 1. The Hall–Kier alpha value is -3.92. The minimum absolute atomic E-state index is 0.0428. The van der Waals surface area contributed by atoms with E-state index in [2.05, 4.69) is 41.1 Å². The topological polar surface area (TPSA) is 119 Å². The van der Waals surface area contributed by atoms with Crippen LogP contribution in [0.1, 0.15) is 37.6 Å². The molecular formula is C24H24N6O3S. The molecule has 0 saturated carbocycles. The molecule has 0 aliphatic heterocycles. The number of thiazole rings is 1. The van der Waals surface area contributed by atoms with Crippen molar-refractivity contribution in [1.82, 2.24) is 14.8 Å². The quantitative estimate of drug-likeness (QED) is 0.200. The van der Waals surface area contributed by atoms with Crippen LogP contribution in [-0.4, -0.2) is 19.7 Å². The number of benzene rings is 2. The van der Waals surface area contributed by atoms with E-state index in [4.69, 9.17) is 0 Å². The maximum absolute atomic E-state index is 13.4. The van der Waals surface area contributed by atoms with Crippen molar-refractivity contribution < 1.29 is 4.92 Å². The van der Waals surface area contributed by atoms with Gasteiger partial charge in [-0.1, -0.05) is 38.5 Å². The molecule has 34 heavy (non-hydrogen) atoms. The van der Waals surface area contributed by atoms with Crippen LogP contribution in [0.4, 0.5) is 17.1 Å². The fourth-order valence-electron chi connectivity index (χ4n) is 3.34. The van der Waals surface area contributed by atoms with E-state index in [9.17, 15) is 14.9 Å². The Balaban J connectivity index is 1.85. The van der Waals surface area contributed by atoms with Gasteiger partial charge in [-0.15, -0.1) is 16.5 Å². The summed E-state index contributed by atoms with van der Waals surface area (Å²) in [7, 11) is 0. The van der Waals surface area contributed by atoms with Crippen LogP contribution >= 0.6 is 11.3 Å². The van der Waals surface area contributed by atoms with Crippen molar-refractivity contribution >= 4 is 28.4 Å². The Morgan fingerprint density at radius 2 is 1.79 bits per heavy atom. The summed E-state index contributed by atoms with van der Waals surface area (Å²) in [5.41, 5.74) is 4.01. The first-order valence-electron chi connectivity index (χ1n) is 10.6. The summed E-state index contributed by atoms with van der Waals surface area (Å²) in [6.45, 7) is 10.1. The molecule has 0 spiro atoms. The third-order valence-electron chi connectivity index (χ3n) is 5.29. The van der Waals surface area contributed by atoms with Gasteiger partial charge in [0, 0.05) is 28.5 Å². The van der Waals surface area contributed by atoms with Crippen molar-refractivity contribution in [2.75, 3.05) is 0 Å². The fourth-order valence-corrected chi connectivity index (χ4v) is 4.35. The van der Waals surface area contributed by atoms with Crippen molar-refractivity contribution in [2.45, 2.75) is 40.0 Å². The van der Waals surface area contributed by atoms with Crippen LogP contribution in [0.3, 0.4) is 0 Å². The van der Waals surface area contributed by atoms with Crippen LogP contribution in [-0.2, 0) is 5.41 Å². The Labute approximate surface area is 200 Å². The summed E-state index contributed by atoms with van der Waals surface area (Å²) in [5, 5.41) is 25.2. The monoisotopic (exact) mass is 476 g/mol. The Bertz CT molecular complexity index is 1460. The van der Waals surface area contributed by atoms with E-state index in [0.29, 0.717) is 22.1 Å². The highest BCUT2D eigenvalue weighted by molar-refractivity contribution is 7.12. The van der Waals surface area contributed by atoms with Crippen molar-refractivity contribution in [3.8, 4) is 16.4 Å². The van der Waals surface area contributed by atoms with Crippen molar-refractivity contribution in [3.63, 3.8) is 0 Å². The van der Waals surface area contributed by atoms with E-state index >= 15 is 0 Å². The van der Waals surface area contributed by atoms with Gasteiger partial charge in [-0.25, -0.2) is 4.98 Å². The molecule has 0 saturated heterocycles. The minimum Gasteiger partial charge on any atom is -0.286 e. The number of nitrogens with zero attached hydrogens (tertiary/aromatic N) is 5. The number of aromatic amines is 1. The fraction of sp³-hybridized carbons (Fsp3) is 0.250. The Morgan fingerprint density at radius 3 is 2.38 bits per heavy atom. The molecule has 0 bridgehead atoms. The summed E-state index contributed by atoms with van der Waals surface area (Å²) in [4.78, 5) is 28.6. The molecule has 0 fully saturated rings. The molecule has 10 heteroatoms. The summed E-state index contributed by atoms with van der Waals surface area (Å²) in [6.07, 6.45) is 0. The van der Waals surface area contributed by atoms with Gasteiger partial charge < -0.3 is 0 Å². The summed E-state index contributed by atoms with van der Waals surface area (Å²) in [5.74, 6) is 0. The van der Waals surface area contributed by atoms with E-state index in [-0.39, 0.29) is 16.8 Å². The maximum Gasteiger partial charge on any atom is 0.301 e. The molecule has 0 amide bonds. The van der Waals surface area contributed by atoms with E-state index < -0.39 is 10.5 Å². The van der Waals surface area contributed by atoms with Gasteiger partial charge in [0.15, 0.2) is 5.69 Å². The van der Waals surface area contributed by atoms with Crippen LogP contribution in [0.15, 0.2) is 62.9 Å². The predicted octanol–water partition coefficient (Wildman–Crippen LogP) is 6.53. The average Bonchev–Trinajstić information content (AvgIpc) is 3.38. The molecule has 2 aromatic heterocycles. The standard InChI is InChI=1S/C24H24N6O3S/c1-14-6-11-18(15(2)12-14)26-27-21-20(16-7-9-17(10-8-16)30(32)33)28-29(22(21)31)23-25-19(13-34-23)24(3,4)5/h6-13,28H,1-5H3. The molecule has 4 aromatic rings. The van der Waals surface area contributed by atoms with Gasteiger partial charge in [-0.3, -0.25) is 20.0 Å². The zero-order chi connectivity index (χ0) is 24.6. The zero-order valence-corrected chi connectivity index (χ0v) is 20.3. The maximum atomic E-state index is 13.4. The number of rotatable bonds is 5. The van der Waals surface area contributed by atoms with E-state index in [1.165, 1.54) is 28.2 Å². The number of nitro benzene ring substituents is 1. The molecule has 1 N–H and O–H groups in total. The molecule has 174 valence electrons. The molecule has 2 heterocycles. The van der Waals surface area contributed by atoms with Crippen molar-refractivity contribution in [1.29, 1.82) is 0 Å². The second kappa shape index (κ2) is 8.79. The van der Waals surface area contributed by atoms with Crippen molar-refractivity contribution in [2.24, 2.45) is 10.2 Å². The second-order valence-electron chi connectivity index (χ2n) is 9.04. The van der Waals surface area contributed by atoms with Crippen LogP contribution in [0.2, 0.25) is 0 Å². The van der Waals surface area contributed by atoms with E-state index in [0.717, 1.165) is 16.8 Å². The van der Waals surface area contributed by atoms with Crippen LogP contribution in [0.5, 0.6) is 0 Å². The highest BCUT2D eigenvalue weighted by Gasteiger charge is 2.22. The minimum atomic E-state index is -0.470. The van der Waals surface area contributed by atoms with Gasteiger partial charge in [0.25, 0.3) is 5.69 Å². The lowest BCUT2D eigenvalue weighted by Gasteiger charge is -2.14. The summed E-state index contributed by atoms with van der Waals surface area (Å²) < 4.78 is 1.34. The molecular weight excluding hydrogens is 452 g/mol. The first-order valence-corrected chi connectivity index (χ1v) is 11.5. The molecule has 0 aliphatic rings. The summed E-state index contributed by atoms with van der Waals surface area (Å²) in [6, 6.07) is 11.7. The van der Waals surface area contributed by atoms with Crippen LogP contribution in [0.25, 0.3) is 16.4 Å². The molecule has 0 aliphatic carbocycles. The van der Waals surface area contributed by atoms with Gasteiger partial charge in [0.05, 0.1) is 22.0 Å². The summed E-state index contributed by atoms with van der Waals surface area (Å²) >= 11 is 1.34. The molecule has 0 radical (unpaired) electrons. The van der Waals surface area contributed by atoms with E-state index in [1.807, 2.05) is 37.4 Å². The van der Waals surface area contributed by atoms with E-state index in [1.54, 1.807) is 12.1 Å². The average molecular weight is 477 g/mol. The lowest BCUT2D eigenvalue weighted by Crippen LogP contribution is -2.16. The highest BCUT2D eigenvalue weighted by atomic mass is 32.1. The SMILES string of the molecule is Cc1ccc(N=Nc2c(-c3ccc([N+](=O)[O-])cc3)[nH]n(-c3nc(C(C)(C)C)cs3)c2=O)c(C)c1. The predicted molar refractivity (Wildman–Crippen MR) is 133 cm³/mol. The molecule has 9 nitrogen and oxygen atoms in total. The van der Waals surface area contributed by atoms with Gasteiger partial charge in [-0.05, 0) is 37.6 Å². The molecule has 0 unspecified atom stereocenters. The third-order valence-corrected chi connectivity index (χ3v) is 6.12. The zero-order valence-electron chi connectivity index (χ0n) is 19.5. The van der Waals surface area contributed by atoms with Crippen LogP contribution in [0, 0.1) is 24.0 Å². The first kappa shape index (κ1) is 23.2. The van der Waals surface area contributed by atoms with Crippen LogP contribution < -0.4 is 5.56 Å². The number of aromatic nitrogens is 3. The Kier molecular flexibility index (Phi) is 6.01.